The monoisotopic (exact) mass is 353 g/mol. The molecule has 2 aromatic rings. The van der Waals surface area contributed by atoms with Crippen molar-refractivity contribution in [1.29, 1.82) is 0 Å². The molecule has 0 aliphatic rings. The third-order valence-corrected chi connectivity index (χ3v) is 4.23. The van der Waals surface area contributed by atoms with E-state index in [1.165, 1.54) is 0 Å². The first-order valence-corrected chi connectivity index (χ1v) is 7.47. The molecule has 1 unspecified atom stereocenters. The Morgan fingerprint density at radius 2 is 1.95 bits per heavy atom. The number of rotatable bonds is 4. The van der Waals surface area contributed by atoms with E-state index in [9.17, 15) is 0 Å². The lowest BCUT2D eigenvalue weighted by Crippen LogP contribution is -2.35. The molecular weight excluding hydrogens is 338 g/mol. The number of methoxy groups -OCH3 is 1. The van der Waals surface area contributed by atoms with Crippen molar-refractivity contribution in [2.75, 3.05) is 7.11 Å². The minimum atomic E-state index is -0.521. The van der Waals surface area contributed by atoms with E-state index in [1.807, 2.05) is 49.4 Å². The smallest absolute Gasteiger partial charge is 0.133 e. The summed E-state index contributed by atoms with van der Waals surface area (Å²) in [5.74, 6) is 0.810. The van der Waals surface area contributed by atoms with Gasteiger partial charge in [-0.15, -0.1) is 0 Å². The lowest BCUT2D eigenvalue weighted by atomic mass is 9.86. The van der Waals surface area contributed by atoms with Gasteiger partial charge in [0.15, 0.2) is 0 Å². The molecule has 0 aliphatic heterocycles. The molecule has 0 aliphatic carbocycles. The van der Waals surface area contributed by atoms with Gasteiger partial charge in [0, 0.05) is 10.6 Å². The second kappa shape index (κ2) is 6.17. The van der Waals surface area contributed by atoms with Crippen LogP contribution >= 0.6 is 27.5 Å². The zero-order valence-corrected chi connectivity index (χ0v) is 13.8. The zero-order chi connectivity index (χ0) is 14.8. The highest BCUT2D eigenvalue weighted by molar-refractivity contribution is 9.10. The van der Waals surface area contributed by atoms with E-state index < -0.39 is 5.54 Å². The van der Waals surface area contributed by atoms with Crippen molar-refractivity contribution >= 4 is 27.5 Å². The maximum absolute atomic E-state index is 6.46. The molecule has 0 aromatic heterocycles. The maximum Gasteiger partial charge on any atom is 0.133 e. The highest BCUT2D eigenvalue weighted by atomic mass is 79.9. The molecule has 0 spiro atoms. The van der Waals surface area contributed by atoms with E-state index in [1.54, 1.807) is 7.11 Å². The van der Waals surface area contributed by atoms with Gasteiger partial charge in [0.2, 0.25) is 0 Å². The van der Waals surface area contributed by atoms with E-state index in [0.29, 0.717) is 11.4 Å². The predicted octanol–water partition coefficient (Wildman–Crippen LogP) is 4.53. The van der Waals surface area contributed by atoms with Gasteiger partial charge in [-0.25, -0.2) is 0 Å². The Kier molecular flexibility index (Phi) is 4.74. The first kappa shape index (κ1) is 15.4. The van der Waals surface area contributed by atoms with Crippen LogP contribution in [0.1, 0.15) is 18.1 Å². The van der Waals surface area contributed by atoms with E-state index in [4.69, 9.17) is 22.1 Å². The summed E-state index contributed by atoms with van der Waals surface area (Å²) in [4.78, 5) is 0. The SMILES string of the molecule is COc1ccc(CC(C)(N)c2ccccc2Cl)cc1Br. The summed E-state index contributed by atoms with van der Waals surface area (Å²) < 4.78 is 6.16. The van der Waals surface area contributed by atoms with Crippen molar-refractivity contribution in [2.45, 2.75) is 18.9 Å². The molecule has 4 heteroatoms. The van der Waals surface area contributed by atoms with E-state index in [-0.39, 0.29) is 0 Å². The summed E-state index contributed by atoms with van der Waals surface area (Å²) in [6, 6.07) is 13.7. The Morgan fingerprint density at radius 3 is 2.55 bits per heavy atom. The zero-order valence-electron chi connectivity index (χ0n) is 11.5. The molecule has 0 heterocycles. The van der Waals surface area contributed by atoms with Crippen LogP contribution in [0.5, 0.6) is 5.75 Å². The normalized spacial score (nSPS) is 13.8. The highest BCUT2D eigenvalue weighted by Crippen LogP contribution is 2.31. The van der Waals surface area contributed by atoms with E-state index in [2.05, 4.69) is 15.9 Å². The van der Waals surface area contributed by atoms with Gasteiger partial charge in [-0.05, 0) is 58.6 Å². The summed E-state index contributed by atoms with van der Waals surface area (Å²) in [6.45, 7) is 1.99. The quantitative estimate of drug-likeness (QED) is 0.875. The molecular formula is C16H17BrClNO. The van der Waals surface area contributed by atoms with E-state index >= 15 is 0 Å². The summed E-state index contributed by atoms with van der Waals surface area (Å²) in [7, 11) is 1.65. The van der Waals surface area contributed by atoms with Gasteiger partial charge in [-0.3, -0.25) is 0 Å². The third-order valence-electron chi connectivity index (χ3n) is 3.28. The van der Waals surface area contributed by atoms with Crippen LogP contribution < -0.4 is 10.5 Å². The van der Waals surface area contributed by atoms with Gasteiger partial charge in [0.05, 0.1) is 11.6 Å². The Hall–Kier alpha value is -1.03. The van der Waals surface area contributed by atoms with Crippen molar-refractivity contribution in [3.8, 4) is 5.75 Å². The Labute approximate surface area is 133 Å². The summed E-state index contributed by atoms with van der Waals surface area (Å²) in [6.07, 6.45) is 0.694. The van der Waals surface area contributed by atoms with Gasteiger partial charge in [-0.1, -0.05) is 35.9 Å². The topological polar surface area (TPSA) is 35.2 Å². The van der Waals surface area contributed by atoms with Crippen LogP contribution in [0.15, 0.2) is 46.9 Å². The predicted molar refractivity (Wildman–Crippen MR) is 87.4 cm³/mol. The van der Waals surface area contributed by atoms with Crippen molar-refractivity contribution in [3.63, 3.8) is 0 Å². The average Bonchev–Trinajstić information content (AvgIpc) is 2.38. The van der Waals surface area contributed by atoms with Gasteiger partial charge in [0.25, 0.3) is 0 Å². The lowest BCUT2D eigenvalue weighted by molar-refractivity contribution is 0.411. The van der Waals surface area contributed by atoms with Crippen molar-refractivity contribution < 1.29 is 4.74 Å². The van der Waals surface area contributed by atoms with E-state index in [0.717, 1.165) is 21.3 Å². The number of nitrogens with two attached hydrogens (primary N) is 1. The van der Waals surface area contributed by atoms with Gasteiger partial charge >= 0.3 is 0 Å². The van der Waals surface area contributed by atoms with Crippen LogP contribution in [0.3, 0.4) is 0 Å². The number of hydrogen-bond donors (Lipinski definition) is 1. The first-order chi connectivity index (χ1) is 9.44. The number of halogens is 2. The Balaban J connectivity index is 2.28. The van der Waals surface area contributed by atoms with Gasteiger partial charge < -0.3 is 10.5 Å². The van der Waals surface area contributed by atoms with Crippen LogP contribution in [-0.2, 0) is 12.0 Å². The summed E-state index contributed by atoms with van der Waals surface area (Å²) in [5.41, 5.74) is 8.02. The second-order valence-electron chi connectivity index (χ2n) is 5.04. The van der Waals surface area contributed by atoms with Crippen molar-refractivity contribution in [3.05, 3.63) is 63.1 Å². The number of ether oxygens (including phenoxy) is 1. The van der Waals surface area contributed by atoms with Crippen LogP contribution in [0.4, 0.5) is 0 Å². The van der Waals surface area contributed by atoms with Gasteiger partial charge in [0.1, 0.15) is 5.75 Å². The van der Waals surface area contributed by atoms with Crippen molar-refractivity contribution in [1.82, 2.24) is 0 Å². The number of hydrogen-bond acceptors (Lipinski definition) is 2. The Bertz CT molecular complexity index is 613. The molecule has 2 rings (SSSR count). The fourth-order valence-electron chi connectivity index (χ4n) is 2.26. The largest absolute Gasteiger partial charge is 0.496 e. The average molecular weight is 355 g/mol. The minimum absolute atomic E-state index is 0.521. The van der Waals surface area contributed by atoms with Crippen LogP contribution in [0.2, 0.25) is 5.02 Å². The third kappa shape index (κ3) is 3.35. The fraction of sp³-hybridized carbons (Fsp3) is 0.250. The van der Waals surface area contributed by atoms with Crippen LogP contribution in [0.25, 0.3) is 0 Å². The lowest BCUT2D eigenvalue weighted by Gasteiger charge is -2.26. The summed E-state index contributed by atoms with van der Waals surface area (Å²) in [5, 5.41) is 0.699. The molecule has 0 radical (unpaired) electrons. The molecule has 0 saturated heterocycles. The molecule has 0 bridgehead atoms. The van der Waals surface area contributed by atoms with Crippen LogP contribution in [0, 0.1) is 0 Å². The molecule has 0 amide bonds. The number of benzene rings is 2. The summed E-state index contributed by atoms with van der Waals surface area (Å²) >= 11 is 9.74. The van der Waals surface area contributed by atoms with Gasteiger partial charge in [-0.2, -0.15) is 0 Å². The second-order valence-corrected chi connectivity index (χ2v) is 6.30. The molecule has 2 aromatic carbocycles. The Morgan fingerprint density at radius 1 is 1.25 bits per heavy atom. The first-order valence-electron chi connectivity index (χ1n) is 6.30. The molecule has 2 nitrogen and oxygen atoms in total. The minimum Gasteiger partial charge on any atom is -0.496 e. The molecule has 106 valence electrons. The molecule has 0 saturated carbocycles. The fourth-order valence-corrected chi connectivity index (χ4v) is 3.20. The highest BCUT2D eigenvalue weighted by Gasteiger charge is 2.24. The molecule has 2 N–H and O–H groups in total. The molecule has 20 heavy (non-hydrogen) atoms. The molecule has 0 fully saturated rings. The molecule has 1 atom stereocenters. The van der Waals surface area contributed by atoms with Crippen molar-refractivity contribution in [2.24, 2.45) is 5.73 Å². The van der Waals surface area contributed by atoms with Crippen LogP contribution in [-0.4, -0.2) is 7.11 Å². The standard InChI is InChI=1S/C16H17BrClNO/c1-16(19,12-5-3-4-6-14(12)18)10-11-7-8-15(20-2)13(17)9-11/h3-9H,10,19H2,1-2H3. The maximum atomic E-state index is 6.46.